The molecule has 1 amide bonds. The predicted octanol–water partition coefficient (Wildman–Crippen LogP) is 2.71. The van der Waals surface area contributed by atoms with E-state index in [4.69, 9.17) is 4.74 Å². The SMILES string of the molecule is COC(=O)c1ccc(CC(=O)N(C)C(CN2CCCC2)c2ccccn2)cc1. The van der Waals surface area contributed by atoms with Gasteiger partial charge in [0.05, 0.1) is 30.8 Å². The Morgan fingerprint density at radius 1 is 1.14 bits per heavy atom. The Morgan fingerprint density at radius 3 is 2.46 bits per heavy atom. The summed E-state index contributed by atoms with van der Waals surface area (Å²) in [5.41, 5.74) is 2.25. The first kappa shape index (κ1) is 20.0. The van der Waals surface area contributed by atoms with Crippen LogP contribution in [0.5, 0.6) is 0 Å². The summed E-state index contributed by atoms with van der Waals surface area (Å²) in [5, 5.41) is 0. The number of carbonyl (C=O) groups is 2. The van der Waals surface area contributed by atoms with Gasteiger partial charge in [0.1, 0.15) is 0 Å². The fourth-order valence-corrected chi connectivity index (χ4v) is 3.55. The lowest BCUT2D eigenvalue weighted by molar-refractivity contribution is -0.131. The highest BCUT2D eigenvalue weighted by Gasteiger charge is 2.26. The summed E-state index contributed by atoms with van der Waals surface area (Å²) in [6.07, 6.45) is 4.47. The van der Waals surface area contributed by atoms with E-state index >= 15 is 0 Å². The lowest BCUT2D eigenvalue weighted by Crippen LogP contribution is -2.39. The molecule has 1 atom stereocenters. The van der Waals surface area contributed by atoms with Gasteiger partial charge in [-0.25, -0.2) is 4.79 Å². The van der Waals surface area contributed by atoms with Crippen LogP contribution in [-0.2, 0) is 16.0 Å². The summed E-state index contributed by atoms with van der Waals surface area (Å²) in [4.78, 5) is 33.2. The van der Waals surface area contributed by atoms with Crippen molar-refractivity contribution >= 4 is 11.9 Å². The standard InChI is InChI=1S/C22H27N3O3/c1-24(21(26)15-17-8-10-18(11-9-17)22(27)28-2)20(16-25-13-5-6-14-25)19-7-3-4-12-23-19/h3-4,7-12,20H,5-6,13-16H2,1-2H3. The van der Waals surface area contributed by atoms with Gasteiger partial charge in [-0.05, 0) is 55.8 Å². The largest absolute Gasteiger partial charge is 0.465 e. The van der Waals surface area contributed by atoms with E-state index in [9.17, 15) is 9.59 Å². The molecule has 2 heterocycles. The van der Waals surface area contributed by atoms with Gasteiger partial charge in [0.25, 0.3) is 0 Å². The number of hydrogen-bond donors (Lipinski definition) is 0. The molecular formula is C22H27N3O3. The van der Waals surface area contributed by atoms with Crippen LogP contribution in [0.4, 0.5) is 0 Å². The molecule has 1 aromatic carbocycles. The number of pyridine rings is 1. The summed E-state index contributed by atoms with van der Waals surface area (Å²) in [7, 11) is 3.20. The van der Waals surface area contributed by atoms with Crippen LogP contribution in [0.3, 0.4) is 0 Å². The van der Waals surface area contributed by atoms with E-state index < -0.39 is 0 Å². The Bertz CT molecular complexity index is 786. The zero-order valence-electron chi connectivity index (χ0n) is 16.5. The van der Waals surface area contributed by atoms with Gasteiger partial charge in [0, 0.05) is 19.8 Å². The third-order valence-corrected chi connectivity index (χ3v) is 5.25. The first-order valence-electron chi connectivity index (χ1n) is 9.64. The molecule has 2 aromatic rings. The van der Waals surface area contributed by atoms with Gasteiger partial charge in [0.15, 0.2) is 0 Å². The minimum absolute atomic E-state index is 0.0284. The average molecular weight is 381 g/mol. The molecule has 28 heavy (non-hydrogen) atoms. The highest BCUT2D eigenvalue weighted by Crippen LogP contribution is 2.22. The molecule has 0 bridgehead atoms. The monoisotopic (exact) mass is 381 g/mol. The Morgan fingerprint density at radius 2 is 1.86 bits per heavy atom. The molecule has 6 heteroatoms. The molecule has 1 fully saturated rings. The summed E-state index contributed by atoms with van der Waals surface area (Å²) in [5.74, 6) is -0.350. The number of carbonyl (C=O) groups excluding carboxylic acids is 2. The smallest absolute Gasteiger partial charge is 0.337 e. The summed E-state index contributed by atoms with van der Waals surface area (Å²) in [6.45, 7) is 2.93. The number of likely N-dealkylation sites (tertiary alicyclic amines) is 1. The number of benzene rings is 1. The lowest BCUT2D eigenvalue weighted by Gasteiger charge is -2.31. The number of rotatable bonds is 7. The minimum atomic E-state index is -0.379. The summed E-state index contributed by atoms with van der Waals surface area (Å²) < 4.78 is 4.71. The van der Waals surface area contributed by atoms with Crippen LogP contribution in [0.25, 0.3) is 0 Å². The maximum Gasteiger partial charge on any atom is 0.337 e. The number of methoxy groups -OCH3 is 1. The fourth-order valence-electron chi connectivity index (χ4n) is 3.55. The zero-order valence-corrected chi connectivity index (χ0v) is 16.5. The first-order chi connectivity index (χ1) is 13.6. The topological polar surface area (TPSA) is 62.7 Å². The third-order valence-electron chi connectivity index (χ3n) is 5.25. The molecule has 1 aromatic heterocycles. The third kappa shape index (κ3) is 4.95. The van der Waals surface area contributed by atoms with Crippen LogP contribution in [-0.4, -0.2) is 60.5 Å². The van der Waals surface area contributed by atoms with Gasteiger partial charge in [-0.2, -0.15) is 0 Å². The van der Waals surface area contributed by atoms with Crippen LogP contribution < -0.4 is 0 Å². The van der Waals surface area contributed by atoms with E-state index in [0.29, 0.717) is 5.56 Å². The van der Waals surface area contributed by atoms with E-state index in [0.717, 1.165) is 30.9 Å². The lowest BCUT2D eigenvalue weighted by atomic mass is 10.1. The molecule has 1 unspecified atom stereocenters. The van der Waals surface area contributed by atoms with Crippen molar-refractivity contribution in [1.82, 2.24) is 14.8 Å². The van der Waals surface area contributed by atoms with E-state index in [1.807, 2.05) is 25.2 Å². The molecule has 0 radical (unpaired) electrons. The zero-order chi connectivity index (χ0) is 19.9. The Kier molecular flexibility index (Phi) is 6.76. The van der Waals surface area contributed by atoms with Crippen LogP contribution in [0.2, 0.25) is 0 Å². The average Bonchev–Trinajstić information content (AvgIpc) is 3.25. The van der Waals surface area contributed by atoms with Crippen molar-refractivity contribution in [2.24, 2.45) is 0 Å². The summed E-state index contributed by atoms with van der Waals surface area (Å²) >= 11 is 0. The van der Waals surface area contributed by atoms with Gasteiger partial charge in [-0.1, -0.05) is 18.2 Å². The van der Waals surface area contributed by atoms with E-state index in [1.165, 1.54) is 20.0 Å². The maximum absolute atomic E-state index is 13.0. The Labute approximate surface area is 166 Å². The number of nitrogens with zero attached hydrogens (tertiary/aromatic N) is 3. The molecule has 3 rings (SSSR count). The number of ether oxygens (including phenoxy) is 1. The van der Waals surface area contributed by atoms with E-state index in [-0.39, 0.29) is 24.3 Å². The summed E-state index contributed by atoms with van der Waals surface area (Å²) in [6, 6.07) is 12.7. The number of aromatic nitrogens is 1. The van der Waals surface area contributed by atoms with E-state index in [2.05, 4.69) is 9.88 Å². The molecule has 0 saturated carbocycles. The van der Waals surface area contributed by atoms with Gasteiger partial charge in [-0.3, -0.25) is 9.78 Å². The molecular weight excluding hydrogens is 354 g/mol. The number of amides is 1. The Hall–Kier alpha value is -2.73. The quantitative estimate of drug-likeness (QED) is 0.690. The van der Waals surface area contributed by atoms with Gasteiger partial charge >= 0.3 is 5.97 Å². The molecule has 6 nitrogen and oxygen atoms in total. The number of esters is 1. The molecule has 0 spiro atoms. The molecule has 1 aliphatic heterocycles. The van der Waals surface area contributed by atoms with Crippen LogP contribution in [0, 0.1) is 0 Å². The van der Waals surface area contributed by atoms with Gasteiger partial charge < -0.3 is 14.5 Å². The van der Waals surface area contributed by atoms with Crippen molar-refractivity contribution < 1.29 is 14.3 Å². The van der Waals surface area contributed by atoms with Gasteiger partial charge in [0.2, 0.25) is 5.91 Å². The highest BCUT2D eigenvalue weighted by atomic mass is 16.5. The normalized spacial score (nSPS) is 15.2. The fraction of sp³-hybridized carbons (Fsp3) is 0.409. The molecule has 0 aliphatic carbocycles. The van der Waals surface area contributed by atoms with Crippen molar-refractivity contribution in [2.75, 3.05) is 33.8 Å². The van der Waals surface area contributed by atoms with Crippen LogP contribution in [0.1, 0.15) is 40.5 Å². The second-order valence-corrected chi connectivity index (χ2v) is 7.15. The van der Waals surface area contributed by atoms with E-state index in [1.54, 1.807) is 35.4 Å². The molecule has 148 valence electrons. The van der Waals surface area contributed by atoms with Crippen molar-refractivity contribution in [3.63, 3.8) is 0 Å². The number of hydrogen-bond acceptors (Lipinski definition) is 5. The van der Waals surface area contributed by atoms with Crippen molar-refractivity contribution in [1.29, 1.82) is 0 Å². The number of likely N-dealkylation sites (N-methyl/N-ethyl adjacent to an activating group) is 1. The minimum Gasteiger partial charge on any atom is -0.465 e. The van der Waals surface area contributed by atoms with Crippen molar-refractivity contribution in [3.8, 4) is 0 Å². The van der Waals surface area contributed by atoms with Crippen molar-refractivity contribution in [2.45, 2.75) is 25.3 Å². The van der Waals surface area contributed by atoms with Crippen LogP contribution in [0.15, 0.2) is 48.7 Å². The second kappa shape index (κ2) is 9.46. The highest BCUT2D eigenvalue weighted by molar-refractivity contribution is 5.89. The van der Waals surface area contributed by atoms with Crippen molar-refractivity contribution in [3.05, 3.63) is 65.5 Å². The maximum atomic E-state index is 13.0. The first-order valence-corrected chi connectivity index (χ1v) is 9.64. The predicted molar refractivity (Wildman–Crippen MR) is 107 cm³/mol. The Balaban J connectivity index is 1.71. The molecule has 1 saturated heterocycles. The van der Waals surface area contributed by atoms with Gasteiger partial charge in [-0.15, -0.1) is 0 Å². The van der Waals surface area contributed by atoms with Crippen LogP contribution >= 0.6 is 0 Å². The molecule has 1 aliphatic rings. The molecule has 0 N–H and O–H groups in total. The second-order valence-electron chi connectivity index (χ2n) is 7.15.